The molecule has 0 spiro atoms. The minimum Gasteiger partial charge on any atom is -0.472 e. The van der Waals surface area contributed by atoms with E-state index in [0.29, 0.717) is 6.54 Å². The van der Waals surface area contributed by atoms with E-state index < -0.39 is 0 Å². The van der Waals surface area contributed by atoms with E-state index >= 15 is 0 Å². The standard InChI is InChI=1S/C9H9NO/c10-5-7-1-2-8-6-11-4-3-9(7)8/h1-4,6H,5,10H2. The summed E-state index contributed by atoms with van der Waals surface area (Å²) in [5.41, 5.74) is 9.02. The molecule has 0 saturated carbocycles. The van der Waals surface area contributed by atoms with E-state index in [2.05, 4.69) is 0 Å². The van der Waals surface area contributed by atoms with Crippen LogP contribution in [0.15, 0.2) is 35.1 Å². The van der Waals surface area contributed by atoms with E-state index in [-0.39, 0.29) is 0 Å². The summed E-state index contributed by atoms with van der Waals surface area (Å²) in [5.74, 6) is 0. The zero-order chi connectivity index (χ0) is 7.68. The van der Waals surface area contributed by atoms with E-state index in [9.17, 15) is 0 Å². The average molecular weight is 147 g/mol. The van der Waals surface area contributed by atoms with Crippen LogP contribution in [-0.2, 0) is 6.54 Å². The first-order valence-corrected chi connectivity index (χ1v) is 3.55. The minimum atomic E-state index is 0.591. The molecule has 2 N–H and O–H groups in total. The normalized spacial score (nSPS) is 10.6. The van der Waals surface area contributed by atoms with Crippen LogP contribution in [0.2, 0.25) is 0 Å². The van der Waals surface area contributed by atoms with Gasteiger partial charge in [-0.3, -0.25) is 0 Å². The molecule has 0 aromatic rings. The SMILES string of the molecule is NCc1ccc2coccc1-2. The second-order valence-electron chi connectivity index (χ2n) is 2.49. The quantitative estimate of drug-likeness (QED) is 0.668. The van der Waals surface area contributed by atoms with Gasteiger partial charge in [0, 0.05) is 12.1 Å². The van der Waals surface area contributed by atoms with Gasteiger partial charge in [-0.15, -0.1) is 0 Å². The third-order valence-corrected chi connectivity index (χ3v) is 1.85. The molecule has 11 heavy (non-hydrogen) atoms. The summed E-state index contributed by atoms with van der Waals surface area (Å²) in [6.07, 6.45) is 3.40. The molecule has 0 aromatic heterocycles. The molecule has 0 atom stereocenters. The number of nitrogens with two attached hydrogens (primary N) is 1. The van der Waals surface area contributed by atoms with Crippen molar-refractivity contribution in [2.75, 3.05) is 0 Å². The summed E-state index contributed by atoms with van der Waals surface area (Å²) in [7, 11) is 0. The second-order valence-corrected chi connectivity index (χ2v) is 2.49. The Kier molecular flexibility index (Phi) is 1.40. The van der Waals surface area contributed by atoms with Crippen molar-refractivity contribution >= 4 is 0 Å². The molecule has 2 nitrogen and oxygen atoms in total. The third-order valence-electron chi connectivity index (χ3n) is 1.85. The van der Waals surface area contributed by atoms with E-state index in [4.69, 9.17) is 10.2 Å². The smallest absolute Gasteiger partial charge is 0.0979 e. The first-order chi connectivity index (χ1) is 5.42. The summed E-state index contributed by atoms with van der Waals surface area (Å²) in [6.45, 7) is 0.591. The van der Waals surface area contributed by atoms with Crippen molar-refractivity contribution in [3.05, 3.63) is 36.3 Å². The van der Waals surface area contributed by atoms with Gasteiger partial charge in [-0.05, 0) is 17.2 Å². The van der Waals surface area contributed by atoms with Crippen LogP contribution in [0.25, 0.3) is 11.1 Å². The van der Waals surface area contributed by atoms with Gasteiger partial charge in [0.2, 0.25) is 0 Å². The van der Waals surface area contributed by atoms with Crippen LogP contribution >= 0.6 is 0 Å². The van der Waals surface area contributed by atoms with Crippen LogP contribution in [0.3, 0.4) is 0 Å². The molecule has 2 aliphatic rings. The molecule has 2 rings (SSSR count). The highest BCUT2D eigenvalue weighted by atomic mass is 16.3. The first-order valence-electron chi connectivity index (χ1n) is 3.55. The maximum atomic E-state index is 5.53. The van der Waals surface area contributed by atoms with Gasteiger partial charge in [0.1, 0.15) is 0 Å². The monoisotopic (exact) mass is 147 g/mol. The second kappa shape index (κ2) is 2.40. The van der Waals surface area contributed by atoms with Gasteiger partial charge >= 0.3 is 0 Å². The van der Waals surface area contributed by atoms with Crippen LogP contribution in [0.5, 0.6) is 0 Å². The average Bonchev–Trinajstić information content (AvgIpc) is 2.47. The van der Waals surface area contributed by atoms with Gasteiger partial charge in [0.15, 0.2) is 0 Å². The lowest BCUT2D eigenvalue weighted by Crippen LogP contribution is -1.94. The lowest BCUT2D eigenvalue weighted by Gasteiger charge is -1.98. The fraction of sp³-hybridized carbons (Fsp3) is 0.111. The first kappa shape index (κ1) is 6.43. The summed E-state index contributed by atoms with van der Waals surface area (Å²) < 4.78 is 5.01. The van der Waals surface area contributed by atoms with Crippen LogP contribution in [0.1, 0.15) is 5.56 Å². The van der Waals surface area contributed by atoms with Gasteiger partial charge in [0.25, 0.3) is 0 Å². The Morgan fingerprint density at radius 1 is 1.27 bits per heavy atom. The summed E-state index contributed by atoms with van der Waals surface area (Å²) in [4.78, 5) is 0. The Balaban J connectivity index is 2.64. The van der Waals surface area contributed by atoms with Crippen LogP contribution < -0.4 is 5.73 Å². The van der Waals surface area contributed by atoms with Crippen LogP contribution in [-0.4, -0.2) is 0 Å². The minimum absolute atomic E-state index is 0.591. The maximum absolute atomic E-state index is 5.53. The fourth-order valence-corrected chi connectivity index (χ4v) is 1.26. The summed E-state index contributed by atoms with van der Waals surface area (Å²) in [6, 6.07) is 5.98. The lowest BCUT2D eigenvalue weighted by atomic mass is 10.1. The Hall–Kier alpha value is -1.28. The summed E-state index contributed by atoms with van der Waals surface area (Å²) in [5, 5.41) is 0. The highest BCUT2D eigenvalue weighted by Crippen LogP contribution is 2.26. The van der Waals surface area contributed by atoms with E-state index in [1.165, 1.54) is 11.1 Å². The Morgan fingerprint density at radius 2 is 2.18 bits per heavy atom. The Labute approximate surface area is 65.0 Å². The van der Waals surface area contributed by atoms with Crippen molar-refractivity contribution in [2.24, 2.45) is 5.73 Å². The predicted molar refractivity (Wildman–Crippen MR) is 43.2 cm³/mol. The highest BCUT2D eigenvalue weighted by molar-refractivity contribution is 5.69. The molecule has 0 fully saturated rings. The molecule has 1 heterocycles. The molecule has 1 aliphatic carbocycles. The van der Waals surface area contributed by atoms with Crippen molar-refractivity contribution in [1.82, 2.24) is 0 Å². The maximum Gasteiger partial charge on any atom is 0.0979 e. The largest absolute Gasteiger partial charge is 0.472 e. The molecular formula is C9H9NO. The Bertz CT molecular complexity index is 326. The van der Waals surface area contributed by atoms with Crippen LogP contribution in [0.4, 0.5) is 0 Å². The van der Waals surface area contributed by atoms with Crippen molar-refractivity contribution in [1.29, 1.82) is 0 Å². The molecule has 56 valence electrons. The van der Waals surface area contributed by atoms with Crippen molar-refractivity contribution < 1.29 is 4.42 Å². The van der Waals surface area contributed by atoms with Crippen molar-refractivity contribution in [2.45, 2.75) is 6.54 Å². The van der Waals surface area contributed by atoms with Gasteiger partial charge in [-0.25, -0.2) is 0 Å². The van der Waals surface area contributed by atoms with Crippen molar-refractivity contribution in [3.8, 4) is 11.1 Å². The van der Waals surface area contributed by atoms with E-state index in [0.717, 1.165) is 5.56 Å². The number of hydrogen-bond donors (Lipinski definition) is 1. The molecule has 0 bridgehead atoms. The zero-order valence-corrected chi connectivity index (χ0v) is 6.08. The molecule has 0 amide bonds. The number of rotatable bonds is 1. The van der Waals surface area contributed by atoms with Gasteiger partial charge in [-0.1, -0.05) is 12.1 Å². The molecule has 1 aliphatic heterocycles. The van der Waals surface area contributed by atoms with Crippen LogP contribution in [0, 0.1) is 0 Å². The Morgan fingerprint density at radius 3 is 3.00 bits per heavy atom. The zero-order valence-electron chi connectivity index (χ0n) is 6.08. The number of fused-ring (bicyclic) bond motifs is 1. The van der Waals surface area contributed by atoms with Crippen molar-refractivity contribution in [3.63, 3.8) is 0 Å². The topological polar surface area (TPSA) is 39.2 Å². The van der Waals surface area contributed by atoms with Gasteiger partial charge in [-0.2, -0.15) is 0 Å². The highest BCUT2D eigenvalue weighted by Gasteiger charge is 2.06. The summed E-state index contributed by atoms with van der Waals surface area (Å²) >= 11 is 0. The fourth-order valence-electron chi connectivity index (χ4n) is 1.26. The number of hydrogen-bond acceptors (Lipinski definition) is 2. The molecular weight excluding hydrogens is 138 g/mol. The van der Waals surface area contributed by atoms with E-state index in [1.54, 1.807) is 12.5 Å². The van der Waals surface area contributed by atoms with Gasteiger partial charge < -0.3 is 10.2 Å². The van der Waals surface area contributed by atoms with Gasteiger partial charge in [0.05, 0.1) is 12.5 Å². The molecule has 0 saturated heterocycles. The predicted octanol–water partition coefficient (Wildman–Crippen LogP) is 1.84. The molecule has 0 radical (unpaired) electrons. The van der Waals surface area contributed by atoms with E-state index in [1.807, 2.05) is 18.2 Å². The molecule has 0 aromatic carbocycles. The molecule has 0 unspecified atom stereocenters. The molecule has 2 heteroatoms. The lowest BCUT2D eigenvalue weighted by molar-refractivity contribution is 0.552. The third kappa shape index (κ3) is 0.917.